The van der Waals surface area contributed by atoms with Gasteiger partial charge in [-0.1, -0.05) is 6.92 Å². The van der Waals surface area contributed by atoms with E-state index in [2.05, 4.69) is 27.5 Å². The van der Waals surface area contributed by atoms with Gasteiger partial charge in [0.15, 0.2) is 0 Å². The molecule has 0 aromatic carbocycles. The highest BCUT2D eigenvalue weighted by molar-refractivity contribution is 5.37. The Morgan fingerprint density at radius 2 is 2.29 bits per heavy atom. The summed E-state index contributed by atoms with van der Waals surface area (Å²) in [6, 6.07) is 2.53. The molecule has 1 aliphatic heterocycles. The Bertz CT molecular complexity index is 320. The normalized spacial score (nSPS) is 16.4. The van der Waals surface area contributed by atoms with Crippen molar-refractivity contribution in [3.05, 3.63) is 17.6 Å². The lowest BCUT2D eigenvalue weighted by Gasteiger charge is -2.28. The summed E-state index contributed by atoms with van der Waals surface area (Å²) in [4.78, 5) is 8.76. The maximum absolute atomic E-state index is 4.42. The molecule has 0 amide bonds. The van der Waals surface area contributed by atoms with Gasteiger partial charge in [-0.25, -0.2) is 9.97 Å². The first kappa shape index (κ1) is 9.40. The smallest absolute Gasteiger partial charge is 0.130 e. The molecule has 0 atom stereocenters. The SMILES string of the molecule is CCc1nc(C)cc(NC2CNC2)n1. The van der Waals surface area contributed by atoms with Crippen molar-refractivity contribution in [2.24, 2.45) is 0 Å². The number of aryl methyl sites for hydroxylation is 2. The van der Waals surface area contributed by atoms with Crippen molar-refractivity contribution >= 4 is 5.82 Å². The van der Waals surface area contributed by atoms with Crippen LogP contribution in [0.4, 0.5) is 5.82 Å². The number of hydrogen-bond acceptors (Lipinski definition) is 4. The van der Waals surface area contributed by atoms with Crippen LogP contribution >= 0.6 is 0 Å². The van der Waals surface area contributed by atoms with Crippen LogP contribution in [0.1, 0.15) is 18.4 Å². The van der Waals surface area contributed by atoms with Gasteiger partial charge < -0.3 is 10.6 Å². The zero-order chi connectivity index (χ0) is 9.97. The quantitative estimate of drug-likeness (QED) is 0.741. The second-order valence-electron chi connectivity index (χ2n) is 3.66. The number of anilines is 1. The molecule has 0 spiro atoms. The minimum absolute atomic E-state index is 0.536. The molecule has 1 aromatic rings. The number of rotatable bonds is 3. The third-order valence-electron chi connectivity index (χ3n) is 2.35. The van der Waals surface area contributed by atoms with E-state index in [1.54, 1.807) is 0 Å². The minimum atomic E-state index is 0.536. The Balaban J connectivity index is 2.11. The monoisotopic (exact) mass is 192 g/mol. The summed E-state index contributed by atoms with van der Waals surface area (Å²) in [6.07, 6.45) is 0.888. The summed E-state index contributed by atoms with van der Waals surface area (Å²) in [6.45, 7) is 6.14. The summed E-state index contributed by atoms with van der Waals surface area (Å²) >= 11 is 0. The Morgan fingerprint density at radius 1 is 1.50 bits per heavy atom. The van der Waals surface area contributed by atoms with Crippen molar-refractivity contribution in [2.45, 2.75) is 26.3 Å². The lowest BCUT2D eigenvalue weighted by Crippen LogP contribution is -2.51. The molecular formula is C10H16N4. The molecule has 0 aliphatic carbocycles. The predicted molar refractivity (Wildman–Crippen MR) is 56.4 cm³/mol. The fraction of sp³-hybridized carbons (Fsp3) is 0.600. The van der Waals surface area contributed by atoms with E-state index in [-0.39, 0.29) is 0 Å². The molecule has 1 fully saturated rings. The van der Waals surface area contributed by atoms with E-state index in [1.165, 1.54) is 0 Å². The zero-order valence-corrected chi connectivity index (χ0v) is 8.67. The molecule has 4 nitrogen and oxygen atoms in total. The van der Waals surface area contributed by atoms with E-state index >= 15 is 0 Å². The van der Waals surface area contributed by atoms with Gasteiger partial charge in [0, 0.05) is 31.3 Å². The highest BCUT2D eigenvalue weighted by Gasteiger charge is 2.16. The molecule has 2 N–H and O–H groups in total. The van der Waals surface area contributed by atoms with Crippen LogP contribution in [0.15, 0.2) is 6.07 Å². The minimum Gasteiger partial charge on any atom is -0.365 e. The van der Waals surface area contributed by atoms with E-state index in [0.717, 1.165) is 36.8 Å². The van der Waals surface area contributed by atoms with Gasteiger partial charge in [-0.05, 0) is 6.92 Å². The van der Waals surface area contributed by atoms with Gasteiger partial charge in [0.25, 0.3) is 0 Å². The van der Waals surface area contributed by atoms with Crippen LogP contribution in [0, 0.1) is 6.92 Å². The molecule has 2 rings (SSSR count). The zero-order valence-electron chi connectivity index (χ0n) is 8.67. The maximum atomic E-state index is 4.42. The third-order valence-corrected chi connectivity index (χ3v) is 2.35. The van der Waals surface area contributed by atoms with Crippen LogP contribution in [-0.2, 0) is 6.42 Å². The molecule has 1 aliphatic rings. The van der Waals surface area contributed by atoms with Crippen LogP contribution in [-0.4, -0.2) is 29.1 Å². The van der Waals surface area contributed by atoms with E-state index in [1.807, 2.05) is 13.0 Å². The number of hydrogen-bond donors (Lipinski definition) is 2. The van der Waals surface area contributed by atoms with Gasteiger partial charge in [-0.2, -0.15) is 0 Å². The van der Waals surface area contributed by atoms with E-state index in [0.29, 0.717) is 6.04 Å². The molecular weight excluding hydrogens is 176 g/mol. The predicted octanol–water partition coefficient (Wildman–Crippen LogP) is 0.731. The summed E-state index contributed by atoms with van der Waals surface area (Å²) in [5.74, 6) is 1.88. The molecule has 0 radical (unpaired) electrons. The first-order valence-corrected chi connectivity index (χ1v) is 5.09. The summed E-state index contributed by atoms with van der Waals surface area (Å²) in [5, 5.41) is 6.60. The van der Waals surface area contributed by atoms with Gasteiger partial charge in [-0.15, -0.1) is 0 Å². The number of aromatic nitrogens is 2. The van der Waals surface area contributed by atoms with Crippen molar-refractivity contribution < 1.29 is 0 Å². The average Bonchev–Trinajstić information content (AvgIpc) is 2.10. The summed E-state index contributed by atoms with van der Waals surface area (Å²) in [5.41, 5.74) is 1.03. The fourth-order valence-corrected chi connectivity index (χ4v) is 1.46. The van der Waals surface area contributed by atoms with Crippen LogP contribution in [0.3, 0.4) is 0 Å². The van der Waals surface area contributed by atoms with E-state index < -0.39 is 0 Å². The molecule has 0 unspecified atom stereocenters. The van der Waals surface area contributed by atoms with Crippen molar-refractivity contribution in [3.8, 4) is 0 Å². The molecule has 14 heavy (non-hydrogen) atoms. The second kappa shape index (κ2) is 3.92. The van der Waals surface area contributed by atoms with Crippen LogP contribution < -0.4 is 10.6 Å². The number of nitrogens with one attached hydrogen (secondary N) is 2. The number of nitrogens with zero attached hydrogens (tertiary/aromatic N) is 2. The topological polar surface area (TPSA) is 49.8 Å². The first-order chi connectivity index (χ1) is 6.78. The van der Waals surface area contributed by atoms with Gasteiger partial charge in [0.2, 0.25) is 0 Å². The Kier molecular flexibility index (Phi) is 2.63. The largest absolute Gasteiger partial charge is 0.365 e. The van der Waals surface area contributed by atoms with Crippen molar-refractivity contribution in [1.29, 1.82) is 0 Å². The molecule has 1 saturated heterocycles. The summed E-state index contributed by atoms with van der Waals surface area (Å²) < 4.78 is 0. The van der Waals surface area contributed by atoms with Crippen molar-refractivity contribution in [1.82, 2.24) is 15.3 Å². The standard InChI is InChI=1S/C10H16N4/c1-3-9-12-7(2)4-10(14-9)13-8-5-11-6-8/h4,8,11H,3,5-6H2,1-2H3,(H,12,13,14). The lowest BCUT2D eigenvalue weighted by atomic mass is 10.2. The van der Waals surface area contributed by atoms with E-state index in [9.17, 15) is 0 Å². The summed E-state index contributed by atoms with van der Waals surface area (Å²) in [7, 11) is 0. The Morgan fingerprint density at radius 3 is 2.86 bits per heavy atom. The third kappa shape index (κ3) is 2.01. The van der Waals surface area contributed by atoms with Crippen LogP contribution in [0.25, 0.3) is 0 Å². The molecule has 76 valence electrons. The highest BCUT2D eigenvalue weighted by Crippen LogP contribution is 2.09. The molecule has 4 heteroatoms. The Labute approximate surface area is 84.2 Å². The maximum Gasteiger partial charge on any atom is 0.130 e. The van der Waals surface area contributed by atoms with Crippen LogP contribution in [0.5, 0.6) is 0 Å². The molecule has 2 heterocycles. The molecule has 0 bridgehead atoms. The molecule has 1 aromatic heterocycles. The van der Waals surface area contributed by atoms with Gasteiger partial charge in [0.05, 0.1) is 6.04 Å². The van der Waals surface area contributed by atoms with Crippen molar-refractivity contribution in [2.75, 3.05) is 18.4 Å². The second-order valence-corrected chi connectivity index (χ2v) is 3.66. The van der Waals surface area contributed by atoms with Gasteiger partial charge in [-0.3, -0.25) is 0 Å². The van der Waals surface area contributed by atoms with Crippen molar-refractivity contribution in [3.63, 3.8) is 0 Å². The van der Waals surface area contributed by atoms with Gasteiger partial charge >= 0.3 is 0 Å². The fourth-order valence-electron chi connectivity index (χ4n) is 1.46. The Hall–Kier alpha value is -1.16. The van der Waals surface area contributed by atoms with Gasteiger partial charge in [0.1, 0.15) is 11.6 Å². The average molecular weight is 192 g/mol. The first-order valence-electron chi connectivity index (χ1n) is 5.09. The van der Waals surface area contributed by atoms with E-state index in [4.69, 9.17) is 0 Å². The highest BCUT2D eigenvalue weighted by atomic mass is 15.1. The lowest BCUT2D eigenvalue weighted by molar-refractivity contribution is 0.471. The van der Waals surface area contributed by atoms with Crippen LogP contribution in [0.2, 0.25) is 0 Å². The molecule has 0 saturated carbocycles.